The molecule has 5 aliphatic rings. The minimum absolute atomic E-state index is 0.133. The topological polar surface area (TPSA) is 206 Å². The molecule has 3 heterocycles. The van der Waals surface area contributed by atoms with E-state index < -0.39 is 67.5 Å². The first kappa shape index (κ1) is 47.2. The van der Waals surface area contributed by atoms with Gasteiger partial charge in [-0.2, -0.15) is 0 Å². The number of aromatic nitrogens is 1. The Balaban J connectivity index is 0.895. The molecule has 3 aliphatic carbocycles. The van der Waals surface area contributed by atoms with Crippen molar-refractivity contribution in [3.8, 4) is 5.75 Å². The standard InChI is InChI=1S/C47H66N6O10S/c1-6-32-15-12-20-47(32,43(57)51-64(59,60)46(5)21-22-46)50-41(55)36-19-13-23-53(36)42(56)39(45(2,3)4)49-44(58)63-37-30-31(37)14-8-7-9-17-34-38(62-29-26-52-24-27-61-28-25-52)33-16-10-11-18-35(33)48-40(34)54/h6,10-12,16,18,20,31-32,36-37,39H,1,7-9,13-15,17,19,21-30H2,2-5H3,(H,48,54)(H,49,58)(H,50,55)(H,51,57)/t31-,32-,36+,37?,39-,47-/m1/s1. The number of fused-ring (bicyclic) bond motifs is 1. The zero-order valence-electron chi connectivity index (χ0n) is 37.7. The van der Waals surface area contributed by atoms with E-state index in [1.54, 1.807) is 13.0 Å². The number of hydrogen-bond donors (Lipinski definition) is 4. The number of carbonyl (C=O) groups is 4. The molecular weight excluding hydrogens is 841 g/mol. The van der Waals surface area contributed by atoms with Gasteiger partial charge in [0.05, 0.1) is 29.0 Å². The molecule has 16 nitrogen and oxygen atoms in total. The quantitative estimate of drug-likeness (QED) is 0.114. The lowest BCUT2D eigenvalue weighted by molar-refractivity contribution is -0.143. The molecule has 0 radical (unpaired) electrons. The molecule has 4 N–H and O–H groups in total. The number of para-hydroxylation sites is 1. The Bertz CT molecular complexity index is 2280. The van der Waals surface area contributed by atoms with Crippen molar-refractivity contribution in [1.29, 1.82) is 0 Å². The van der Waals surface area contributed by atoms with Crippen LogP contribution in [-0.2, 0) is 40.3 Å². The van der Waals surface area contributed by atoms with Crippen LogP contribution in [0.4, 0.5) is 4.79 Å². The van der Waals surface area contributed by atoms with Crippen LogP contribution in [0.15, 0.2) is 53.9 Å². The summed E-state index contributed by atoms with van der Waals surface area (Å²) in [5, 5.41) is 6.53. The summed E-state index contributed by atoms with van der Waals surface area (Å²) in [4.78, 5) is 75.5. The molecule has 0 bridgehead atoms. The van der Waals surface area contributed by atoms with Crippen LogP contribution >= 0.6 is 0 Å². The van der Waals surface area contributed by atoms with Crippen LogP contribution < -0.4 is 25.7 Å². The van der Waals surface area contributed by atoms with Crippen LogP contribution in [0, 0.1) is 17.3 Å². The lowest BCUT2D eigenvalue weighted by atomic mass is 9.85. The fraction of sp³-hybridized carbons (Fsp3) is 0.638. The van der Waals surface area contributed by atoms with Crippen LogP contribution in [0.2, 0.25) is 0 Å². The van der Waals surface area contributed by atoms with Crippen LogP contribution in [0.25, 0.3) is 10.9 Å². The van der Waals surface area contributed by atoms with Gasteiger partial charge in [0.25, 0.3) is 11.5 Å². The fourth-order valence-electron chi connectivity index (χ4n) is 9.20. The Morgan fingerprint density at radius 3 is 2.55 bits per heavy atom. The maximum atomic E-state index is 14.3. The highest BCUT2D eigenvalue weighted by Gasteiger charge is 2.55. The number of hydrogen-bond acceptors (Lipinski definition) is 11. The molecule has 7 rings (SSSR count). The number of alkyl carbamates (subject to hydrolysis) is 1. The molecule has 1 aromatic heterocycles. The van der Waals surface area contributed by atoms with E-state index >= 15 is 0 Å². The molecule has 350 valence electrons. The molecule has 2 saturated heterocycles. The number of amides is 4. The fourth-order valence-corrected chi connectivity index (χ4v) is 10.5. The van der Waals surface area contributed by atoms with E-state index in [1.807, 2.05) is 45.0 Å². The largest absolute Gasteiger partial charge is 0.491 e. The lowest BCUT2D eigenvalue weighted by Gasteiger charge is -2.37. The molecule has 1 aromatic carbocycles. The average molecular weight is 907 g/mol. The number of aromatic amines is 1. The molecule has 2 aliphatic heterocycles. The number of morpholine rings is 1. The molecule has 2 aromatic rings. The second kappa shape index (κ2) is 19.4. The van der Waals surface area contributed by atoms with Gasteiger partial charge >= 0.3 is 6.09 Å². The molecule has 6 atom stereocenters. The highest BCUT2D eigenvalue weighted by molar-refractivity contribution is 7.91. The van der Waals surface area contributed by atoms with Gasteiger partial charge in [0.15, 0.2) is 0 Å². The van der Waals surface area contributed by atoms with Crippen molar-refractivity contribution in [2.45, 2.75) is 127 Å². The van der Waals surface area contributed by atoms with Gasteiger partial charge in [-0.15, -0.1) is 6.58 Å². The third-order valence-electron chi connectivity index (χ3n) is 13.7. The Labute approximate surface area is 376 Å². The van der Waals surface area contributed by atoms with Gasteiger partial charge in [0.1, 0.15) is 36.1 Å². The maximum absolute atomic E-state index is 14.3. The van der Waals surface area contributed by atoms with E-state index in [0.29, 0.717) is 69.7 Å². The number of pyridine rings is 1. The number of likely N-dealkylation sites (tertiary alicyclic amines) is 1. The second-order valence-corrected chi connectivity index (χ2v) is 21.7. The zero-order valence-corrected chi connectivity index (χ0v) is 38.6. The first-order valence-corrected chi connectivity index (χ1v) is 24.5. The van der Waals surface area contributed by atoms with Crippen molar-refractivity contribution in [3.05, 3.63) is 65.0 Å². The maximum Gasteiger partial charge on any atom is 0.408 e. The second-order valence-electron chi connectivity index (χ2n) is 19.5. The molecule has 2 saturated carbocycles. The number of ether oxygens (including phenoxy) is 3. The van der Waals surface area contributed by atoms with Gasteiger partial charge in [-0.05, 0) is 88.2 Å². The van der Waals surface area contributed by atoms with Crippen LogP contribution in [0.5, 0.6) is 5.75 Å². The number of rotatable bonds is 19. The number of sulfonamides is 1. The molecule has 17 heteroatoms. The van der Waals surface area contributed by atoms with Gasteiger partial charge in [0.2, 0.25) is 21.8 Å². The Morgan fingerprint density at radius 1 is 1.08 bits per heavy atom. The monoisotopic (exact) mass is 906 g/mol. The summed E-state index contributed by atoms with van der Waals surface area (Å²) in [6, 6.07) is 5.73. The Morgan fingerprint density at radius 2 is 1.83 bits per heavy atom. The lowest BCUT2D eigenvalue weighted by Crippen LogP contribution is -2.65. The van der Waals surface area contributed by atoms with E-state index in [-0.39, 0.29) is 24.1 Å². The SMILES string of the molecule is C=C[C@@H]1CC=C[C@]1(NC(=O)[C@@H]1CCCN1C(=O)[C@@H](NC(=O)OC1C[C@H]1CCCCCc1c(OCCN2CCOCC2)c2ccccc2[nH]c1=O)C(C)(C)C)C(=O)NS(=O)(=O)C1(C)CC1. The van der Waals surface area contributed by atoms with Crippen molar-refractivity contribution in [3.63, 3.8) is 0 Å². The molecule has 0 spiro atoms. The van der Waals surface area contributed by atoms with Crippen molar-refractivity contribution in [1.82, 2.24) is 30.1 Å². The first-order valence-electron chi connectivity index (χ1n) is 23.0. The zero-order chi connectivity index (χ0) is 45.9. The van der Waals surface area contributed by atoms with Crippen molar-refractivity contribution < 1.29 is 41.8 Å². The minimum Gasteiger partial charge on any atom is -0.491 e. The molecule has 4 amide bonds. The summed E-state index contributed by atoms with van der Waals surface area (Å²) in [6.45, 7) is 15.5. The number of nitrogens with one attached hydrogen (secondary N) is 4. The number of H-pyrrole nitrogens is 1. The van der Waals surface area contributed by atoms with Crippen LogP contribution in [0.1, 0.15) is 97.5 Å². The third-order valence-corrected chi connectivity index (χ3v) is 15.9. The Hall–Kier alpha value is -4.74. The molecule has 64 heavy (non-hydrogen) atoms. The van der Waals surface area contributed by atoms with Gasteiger partial charge in [-0.25, -0.2) is 13.2 Å². The van der Waals surface area contributed by atoms with E-state index in [2.05, 4.69) is 31.8 Å². The van der Waals surface area contributed by atoms with Crippen molar-refractivity contribution in [2.75, 3.05) is 46.0 Å². The predicted octanol–water partition coefficient (Wildman–Crippen LogP) is 4.48. The first-order chi connectivity index (χ1) is 30.5. The van der Waals surface area contributed by atoms with E-state index in [9.17, 15) is 32.4 Å². The highest BCUT2D eigenvalue weighted by Crippen LogP contribution is 2.43. The average Bonchev–Trinajstić information content (AvgIpc) is 4.06. The third kappa shape index (κ3) is 10.5. The summed E-state index contributed by atoms with van der Waals surface area (Å²) in [6.07, 6.45) is 10.6. The number of carbonyl (C=O) groups excluding carboxylic acids is 4. The van der Waals surface area contributed by atoms with Gasteiger partial charge < -0.3 is 34.7 Å². The predicted molar refractivity (Wildman–Crippen MR) is 242 cm³/mol. The van der Waals surface area contributed by atoms with Crippen LogP contribution in [0.3, 0.4) is 0 Å². The van der Waals surface area contributed by atoms with Gasteiger partial charge in [0, 0.05) is 37.5 Å². The van der Waals surface area contributed by atoms with Crippen molar-refractivity contribution in [2.24, 2.45) is 17.3 Å². The summed E-state index contributed by atoms with van der Waals surface area (Å²) >= 11 is 0. The number of benzene rings is 1. The van der Waals surface area contributed by atoms with Gasteiger partial charge in [-0.3, -0.25) is 28.8 Å². The van der Waals surface area contributed by atoms with E-state index in [4.69, 9.17) is 14.2 Å². The van der Waals surface area contributed by atoms with Gasteiger partial charge in [-0.1, -0.05) is 64.0 Å². The normalized spacial score (nSPS) is 25.7. The molecule has 1 unspecified atom stereocenters. The summed E-state index contributed by atoms with van der Waals surface area (Å²) in [5.41, 5.74) is -1.19. The molecular formula is C47H66N6O10S. The highest BCUT2D eigenvalue weighted by atomic mass is 32.2. The Kier molecular flexibility index (Phi) is 14.3. The summed E-state index contributed by atoms with van der Waals surface area (Å²) < 4.78 is 44.9. The molecule has 4 fully saturated rings. The smallest absolute Gasteiger partial charge is 0.408 e. The minimum atomic E-state index is -4.00. The summed E-state index contributed by atoms with van der Waals surface area (Å²) in [7, 11) is -4.00. The summed E-state index contributed by atoms with van der Waals surface area (Å²) in [5.74, 6) is -1.68. The van der Waals surface area contributed by atoms with Crippen LogP contribution in [-0.4, -0.2) is 121 Å². The number of nitrogens with zero attached hydrogens (tertiary/aromatic N) is 2. The van der Waals surface area contributed by atoms with E-state index in [1.165, 1.54) is 17.1 Å². The van der Waals surface area contributed by atoms with E-state index in [0.717, 1.165) is 62.6 Å². The number of allylic oxidation sites excluding steroid dienone is 1. The number of unbranched alkanes of at least 4 members (excludes halogenated alkanes) is 2. The van der Waals surface area contributed by atoms with Crippen molar-refractivity contribution >= 4 is 44.7 Å².